The van der Waals surface area contributed by atoms with Crippen molar-refractivity contribution in [1.29, 1.82) is 0 Å². The zero-order valence-electron chi connectivity index (χ0n) is 15.7. The first-order valence-electron chi connectivity index (χ1n) is 9.47. The Labute approximate surface area is 163 Å². The second-order valence-corrected chi connectivity index (χ2v) is 7.06. The lowest BCUT2D eigenvalue weighted by Gasteiger charge is -2.22. The zero-order valence-corrected chi connectivity index (χ0v) is 15.7. The SMILES string of the molecule is O=C(CCc1ccncc1)N1CCCN(Cc2ccc(C(F)(F)F)cc2)CC1. The van der Waals surface area contributed by atoms with Crippen LogP contribution in [0.5, 0.6) is 0 Å². The monoisotopic (exact) mass is 391 g/mol. The largest absolute Gasteiger partial charge is 0.416 e. The minimum Gasteiger partial charge on any atom is -0.341 e. The molecule has 150 valence electrons. The number of hydrogen-bond donors (Lipinski definition) is 0. The predicted molar refractivity (Wildman–Crippen MR) is 100 cm³/mol. The summed E-state index contributed by atoms with van der Waals surface area (Å²) in [6.45, 7) is 3.52. The van der Waals surface area contributed by atoms with Gasteiger partial charge in [0.1, 0.15) is 0 Å². The second kappa shape index (κ2) is 9.19. The maximum atomic E-state index is 12.7. The van der Waals surface area contributed by atoms with Crippen LogP contribution in [0.1, 0.15) is 29.5 Å². The predicted octanol–water partition coefficient (Wildman–Crippen LogP) is 3.77. The van der Waals surface area contributed by atoms with Crippen LogP contribution in [0.15, 0.2) is 48.8 Å². The maximum absolute atomic E-state index is 12.7. The van der Waals surface area contributed by atoms with Crippen LogP contribution in [0.4, 0.5) is 13.2 Å². The zero-order chi connectivity index (χ0) is 20.0. The van der Waals surface area contributed by atoms with Gasteiger partial charge in [0.2, 0.25) is 5.91 Å². The molecule has 1 aliphatic rings. The van der Waals surface area contributed by atoms with E-state index >= 15 is 0 Å². The fourth-order valence-electron chi connectivity index (χ4n) is 3.39. The van der Waals surface area contributed by atoms with Crippen LogP contribution < -0.4 is 0 Å². The van der Waals surface area contributed by atoms with Crippen molar-refractivity contribution in [3.63, 3.8) is 0 Å². The third kappa shape index (κ3) is 5.79. The van der Waals surface area contributed by atoms with Gasteiger partial charge in [-0.2, -0.15) is 13.2 Å². The first kappa shape index (κ1) is 20.3. The molecule has 1 aromatic carbocycles. The molecule has 1 fully saturated rings. The molecule has 28 heavy (non-hydrogen) atoms. The molecule has 2 heterocycles. The smallest absolute Gasteiger partial charge is 0.341 e. The van der Waals surface area contributed by atoms with Gasteiger partial charge >= 0.3 is 6.18 Å². The summed E-state index contributed by atoms with van der Waals surface area (Å²) >= 11 is 0. The van der Waals surface area contributed by atoms with Gasteiger partial charge in [-0.15, -0.1) is 0 Å². The highest BCUT2D eigenvalue weighted by Crippen LogP contribution is 2.29. The van der Waals surface area contributed by atoms with Gasteiger partial charge in [-0.1, -0.05) is 12.1 Å². The Bertz CT molecular complexity index is 763. The van der Waals surface area contributed by atoms with Gasteiger partial charge in [0.15, 0.2) is 0 Å². The number of alkyl halides is 3. The Kier molecular flexibility index (Phi) is 6.67. The summed E-state index contributed by atoms with van der Waals surface area (Å²) < 4.78 is 38.0. The number of pyridine rings is 1. The number of aryl methyl sites for hydroxylation is 1. The molecule has 1 saturated heterocycles. The summed E-state index contributed by atoms with van der Waals surface area (Å²) in [6.07, 6.45) is 1.19. The minimum atomic E-state index is -4.31. The van der Waals surface area contributed by atoms with Crippen molar-refractivity contribution in [2.45, 2.75) is 32.0 Å². The molecule has 1 aliphatic heterocycles. The average molecular weight is 391 g/mol. The molecule has 4 nitrogen and oxygen atoms in total. The first-order valence-corrected chi connectivity index (χ1v) is 9.47. The van der Waals surface area contributed by atoms with Crippen LogP contribution in [0.2, 0.25) is 0 Å². The summed E-state index contributed by atoms with van der Waals surface area (Å²) in [5.74, 6) is 0.146. The van der Waals surface area contributed by atoms with E-state index in [1.54, 1.807) is 12.4 Å². The van der Waals surface area contributed by atoms with E-state index in [2.05, 4.69) is 9.88 Å². The number of rotatable bonds is 5. The van der Waals surface area contributed by atoms with Gasteiger partial charge in [0.25, 0.3) is 0 Å². The summed E-state index contributed by atoms with van der Waals surface area (Å²) in [6, 6.07) is 9.16. The van der Waals surface area contributed by atoms with E-state index in [1.165, 1.54) is 12.1 Å². The van der Waals surface area contributed by atoms with Gasteiger partial charge in [-0.05, 0) is 48.2 Å². The summed E-state index contributed by atoms with van der Waals surface area (Å²) in [4.78, 5) is 20.6. The number of nitrogens with zero attached hydrogens (tertiary/aromatic N) is 3. The van der Waals surface area contributed by atoms with Gasteiger partial charge < -0.3 is 4.90 Å². The molecular formula is C21H24F3N3O. The van der Waals surface area contributed by atoms with E-state index in [0.717, 1.165) is 49.3 Å². The molecule has 0 radical (unpaired) electrons. The number of carbonyl (C=O) groups is 1. The average Bonchev–Trinajstić information content (AvgIpc) is 2.92. The van der Waals surface area contributed by atoms with E-state index in [9.17, 15) is 18.0 Å². The van der Waals surface area contributed by atoms with Crippen LogP contribution in [0.25, 0.3) is 0 Å². The number of benzene rings is 1. The number of hydrogen-bond acceptors (Lipinski definition) is 3. The highest BCUT2D eigenvalue weighted by molar-refractivity contribution is 5.76. The fourth-order valence-corrected chi connectivity index (χ4v) is 3.39. The summed E-state index contributed by atoms with van der Waals surface area (Å²) in [7, 11) is 0. The number of amides is 1. The van der Waals surface area contributed by atoms with Crippen molar-refractivity contribution < 1.29 is 18.0 Å². The summed E-state index contributed by atoms with van der Waals surface area (Å²) in [5.41, 5.74) is 1.32. The highest BCUT2D eigenvalue weighted by Gasteiger charge is 2.30. The second-order valence-electron chi connectivity index (χ2n) is 7.06. The lowest BCUT2D eigenvalue weighted by atomic mass is 10.1. The van der Waals surface area contributed by atoms with Crippen molar-refractivity contribution in [3.05, 3.63) is 65.5 Å². The Morgan fingerprint density at radius 1 is 0.929 bits per heavy atom. The summed E-state index contributed by atoms with van der Waals surface area (Å²) in [5, 5.41) is 0. The van der Waals surface area contributed by atoms with Crippen molar-refractivity contribution in [3.8, 4) is 0 Å². The molecule has 3 rings (SSSR count). The van der Waals surface area contributed by atoms with Crippen molar-refractivity contribution in [2.24, 2.45) is 0 Å². The van der Waals surface area contributed by atoms with Gasteiger partial charge in [-0.25, -0.2) is 0 Å². The van der Waals surface area contributed by atoms with Crippen LogP contribution in [-0.2, 0) is 23.9 Å². The van der Waals surface area contributed by atoms with Gasteiger partial charge in [0, 0.05) is 51.5 Å². The highest BCUT2D eigenvalue weighted by atomic mass is 19.4. The third-order valence-corrected chi connectivity index (χ3v) is 5.01. The standard InChI is InChI=1S/C21H24F3N3O/c22-21(23,24)19-5-2-18(3-6-19)16-26-12-1-13-27(15-14-26)20(28)7-4-17-8-10-25-11-9-17/h2-3,5-6,8-11H,1,4,7,12-16H2. The topological polar surface area (TPSA) is 36.4 Å². The molecule has 0 saturated carbocycles. The number of aromatic nitrogens is 1. The van der Waals surface area contributed by atoms with Crippen LogP contribution in [-0.4, -0.2) is 46.9 Å². The Hall–Kier alpha value is -2.41. The molecule has 0 aliphatic carbocycles. The molecule has 2 aromatic rings. The lowest BCUT2D eigenvalue weighted by Crippen LogP contribution is -2.35. The van der Waals surface area contributed by atoms with Crippen LogP contribution >= 0.6 is 0 Å². The van der Waals surface area contributed by atoms with E-state index in [-0.39, 0.29) is 5.91 Å². The van der Waals surface area contributed by atoms with E-state index in [0.29, 0.717) is 25.9 Å². The van der Waals surface area contributed by atoms with Crippen LogP contribution in [0.3, 0.4) is 0 Å². The van der Waals surface area contributed by atoms with Gasteiger partial charge in [-0.3, -0.25) is 14.7 Å². The third-order valence-electron chi connectivity index (χ3n) is 5.01. The molecule has 0 unspecified atom stereocenters. The Morgan fingerprint density at radius 3 is 2.32 bits per heavy atom. The van der Waals surface area contributed by atoms with Gasteiger partial charge in [0.05, 0.1) is 5.56 Å². The van der Waals surface area contributed by atoms with Crippen LogP contribution in [0, 0.1) is 0 Å². The Balaban J connectivity index is 1.48. The van der Waals surface area contributed by atoms with Crippen molar-refractivity contribution in [1.82, 2.24) is 14.8 Å². The van der Waals surface area contributed by atoms with E-state index in [4.69, 9.17) is 0 Å². The number of carbonyl (C=O) groups excluding carboxylic acids is 1. The molecule has 1 amide bonds. The molecule has 0 atom stereocenters. The fraction of sp³-hybridized carbons (Fsp3) is 0.429. The van der Waals surface area contributed by atoms with Crippen molar-refractivity contribution >= 4 is 5.91 Å². The lowest BCUT2D eigenvalue weighted by molar-refractivity contribution is -0.137. The quantitative estimate of drug-likeness (QED) is 0.779. The van der Waals surface area contributed by atoms with Crippen molar-refractivity contribution in [2.75, 3.05) is 26.2 Å². The van der Waals surface area contributed by atoms with E-state index in [1.807, 2.05) is 17.0 Å². The minimum absolute atomic E-state index is 0.146. The maximum Gasteiger partial charge on any atom is 0.416 e. The molecule has 0 spiro atoms. The molecule has 0 bridgehead atoms. The molecule has 0 N–H and O–H groups in total. The molecule has 7 heteroatoms. The normalized spacial score (nSPS) is 16.0. The van der Waals surface area contributed by atoms with E-state index < -0.39 is 11.7 Å². The Morgan fingerprint density at radius 2 is 1.64 bits per heavy atom. The first-order chi connectivity index (χ1) is 13.4. The molecular weight excluding hydrogens is 367 g/mol. The molecule has 1 aromatic heterocycles. The number of halogens is 3.